The summed E-state index contributed by atoms with van der Waals surface area (Å²) in [5.74, 6) is 2.00. The zero-order valence-electron chi connectivity index (χ0n) is 12.0. The Hall–Kier alpha value is -1.49. The van der Waals surface area contributed by atoms with Gasteiger partial charge in [0.25, 0.3) is 0 Å². The van der Waals surface area contributed by atoms with Gasteiger partial charge in [-0.25, -0.2) is 0 Å². The van der Waals surface area contributed by atoms with Gasteiger partial charge in [0.05, 0.1) is 12.6 Å². The van der Waals surface area contributed by atoms with Crippen LogP contribution < -0.4 is 20.1 Å². The molecular formula is C15H20N2O2S. The van der Waals surface area contributed by atoms with Gasteiger partial charge < -0.3 is 20.1 Å². The predicted octanol–water partition coefficient (Wildman–Crippen LogP) is 2.74. The summed E-state index contributed by atoms with van der Waals surface area (Å²) in [6.07, 6.45) is 0.993. The Labute approximate surface area is 124 Å². The van der Waals surface area contributed by atoms with Crippen LogP contribution in [-0.2, 0) is 0 Å². The third kappa shape index (κ3) is 2.10. The first-order chi connectivity index (χ1) is 9.53. The Bertz CT molecular complexity index is 549. The third-order valence-electron chi connectivity index (χ3n) is 4.13. The maximum Gasteiger partial charge on any atom is 0.184 e. The van der Waals surface area contributed by atoms with Crippen LogP contribution in [-0.4, -0.2) is 17.4 Å². The molecule has 108 valence electrons. The fourth-order valence-corrected chi connectivity index (χ4v) is 3.15. The summed E-state index contributed by atoms with van der Waals surface area (Å²) in [6.45, 7) is 7.02. The van der Waals surface area contributed by atoms with Crippen molar-refractivity contribution in [2.75, 3.05) is 6.61 Å². The van der Waals surface area contributed by atoms with Gasteiger partial charge in [0, 0.05) is 17.5 Å². The standard InChI is InChI=1S/C15H20N2O2S/c1-4-7-18-10-5-6-11-12(8-10)19-15(3)9(2)13(11)16-14(20)17-15/h5-6,8-9,13H,4,7H2,1-3H3,(H2,16,17,20). The normalized spacial score (nSPS) is 30.6. The number of thiocarbonyl (C=S) groups is 1. The summed E-state index contributed by atoms with van der Waals surface area (Å²) in [5, 5.41) is 7.22. The number of rotatable bonds is 3. The van der Waals surface area contributed by atoms with Crippen LogP contribution in [0.5, 0.6) is 11.5 Å². The van der Waals surface area contributed by atoms with E-state index in [1.165, 1.54) is 0 Å². The highest BCUT2D eigenvalue weighted by atomic mass is 32.1. The minimum Gasteiger partial charge on any atom is -0.493 e. The summed E-state index contributed by atoms with van der Waals surface area (Å²) in [4.78, 5) is 0. The second kappa shape index (κ2) is 4.81. The maximum absolute atomic E-state index is 6.17. The van der Waals surface area contributed by atoms with E-state index in [9.17, 15) is 0 Å². The molecule has 5 heteroatoms. The van der Waals surface area contributed by atoms with E-state index in [-0.39, 0.29) is 12.0 Å². The van der Waals surface area contributed by atoms with E-state index in [0.29, 0.717) is 5.11 Å². The molecule has 2 aliphatic rings. The van der Waals surface area contributed by atoms with Crippen molar-refractivity contribution >= 4 is 17.3 Å². The van der Waals surface area contributed by atoms with Crippen LogP contribution >= 0.6 is 12.2 Å². The first-order valence-corrected chi connectivity index (χ1v) is 7.49. The van der Waals surface area contributed by atoms with Crippen molar-refractivity contribution in [2.24, 2.45) is 5.92 Å². The zero-order chi connectivity index (χ0) is 14.3. The molecule has 0 aromatic heterocycles. The van der Waals surface area contributed by atoms with Crippen LogP contribution in [0.1, 0.15) is 38.8 Å². The topological polar surface area (TPSA) is 42.5 Å². The van der Waals surface area contributed by atoms with Crippen LogP contribution in [0.15, 0.2) is 18.2 Å². The maximum atomic E-state index is 6.17. The number of fused-ring (bicyclic) bond motifs is 4. The Morgan fingerprint density at radius 1 is 1.45 bits per heavy atom. The predicted molar refractivity (Wildman–Crippen MR) is 82.0 cm³/mol. The van der Waals surface area contributed by atoms with E-state index in [4.69, 9.17) is 21.7 Å². The molecule has 4 nitrogen and oxygen atoms in total. The molecule has 20 heavy (non-hydrogen) atoms. The highest BCUT2D eigenvalue weighted by molar-refractivity contribution is 7.80. The van der Waals surface area contributed by atoms with Gasteiger partial charge in [-0.15, -0.1) is 0 Å². The number of hydrogen-bond donors (Lipinski definition) is 2. The lowest BCUT2D eigenvalue weighted by atomic mass is 9.82. The molecule has 0 spiro atoms. The van der Waals surface area contributed by atoms with E-state index >= 15 is 0 Å². The molecule has 0 aliphatic carbocycles. The highest BCUT2D eigenvalue weighted by Crippen LogP contribution is 2.45. The molecule has 2 aliphatic heterocycles. The molecule has 3 atom stereocenters. The smallest absolute Gasteiger partial charge is 0.184 e. The Balaban J connectivity index is 1.97. The monoisotopic (exact) mass is 292 g/mol. The van der Waals surface area contributed by atoms with Gasteiger partial charge in [0.2, 0.25) is 0 Å². The fraction of sp³-hybridized carbons (Fsp3) is 0.533. The molecule has 1 aromatic carbocycles. The van der Waals surface area contributed by atoms with Crippen molar-refractivity contribution in [2.45, 2.75) is 39.0 Å². The fourth-order valence-electron chi connectivity index (χ4n) is 2.82. The van der Waals surface area contributed by atoms with Gasteiger partial charge >= 0.3 is 0 Å². The van der Waals surface area contributed by atoms with Crippen LogP contribution in [0.2, 0.25) is 0 Å². The van der Waals surface area contributed by atoms with Crippen molar-refractivity contribution in [3.63, 3.8) is 0 Å². The van der Waals surface area contributed by atoms with Crippen molar-refractivity contribution < 1.29 is 9.47 Å². The van der Waals surface area contributed by atoms with Gasteiger partial charge in [0.15, 0.2) is 10.8 Å². The molecule has 0 saturated carbocycles. The van der Waals surface area contributed by atoms with E-state index in [2.05, 4.69) is 30.5 Å². The van der Waals surface area contributed by atoms with E-state index in [0.717, 1.165) is 30.1 Å². The van der Waals surface area contributed by atoms with Gasteiger partial charge in [-0.05, 0) is 37.7 Å². The van der Waals surface area contributed by atoms with E-state index < -0.39 is 5.72 Å². The Morgan fingerprint density at radius 3 is 3.00 bits per heavy atom. The van der Waals surface area contributed by atoms with Gasteiger partial charge in [0.1, 0.15) is 11.5 Å². The first-order valence-electron chi connectivity index (χ1n) is 7.08. The molecule has 1 saturated heterocycles. The lowest BCUT2D eigenvalue weighted by Crippen LogP contribution is -2.67. The van der Waals surface area contributed by atoms with Crippen molar-refractivity contribution in [1.29, 1.82) is 0 Å². The molecule has 2 N–H and O–H groups in total. The van der Waals surface area contributed by atoms with E-state index in [1.807, 2.05) is 19.1 Å². The average Bonchev–Trinajstić information content (AvgIpc) is 2.39. The van der Waals surface area contributed by atoms with E-state index in [1.54, 1.807) is 0 Å². The van der Waals surface area contributed by atoms with Crippen LogP contribution in [0, 0.1) is 5.92 Å². The summed E-state index contributed by atoms with van der Waals surface area (Å²) < 4.78 is 11.9. The van der Waals surface area contributed by atoms with Gasteiger partial charge in [-0.2, -0.15) is 0 Å². The second-order valence-electron chi connectivity index (χ2n) is 5.62. The van der Waals surface area contributed by atoms with Crippen molar-refractivity contribution in [3.05, 3.63) is 23.8 Å². The average molecular weight is 292 g/mol. The van der Waals surface area contributed by atoms with Crippen molar-refractivity contribution in [1.82, 2.24) is 10.6 Å². The van der Waals surface area contributed by atoms with Gasteiger partial charge in [-0.1, -0.05) is 13.8 Å². The molecule has 1 aromatic rings. The lowest BCUT2D eigenvalue weighted by Gasteiger charge is -2.50. The zero-order valence-corrected chi connectivity index (χ0v) is 12.8. The van der Waals surface area contributed by atoms with Gasteiger partial charge in [-0.3, -0.25) is 0 Å². The van der Waals surface area contributed by atoms with Crippen molar-refractivity contribution in [3.8, 4) is 11.5 Å². The molecule has 3 unspecified atom stereocenters. The SMILES string of the molecule is CCCOc1ccc2c(c1)OC1(C)NC(=S)NC2C1C. The Morgan fingerprint density at radius 2 is 2.25 bits per heavy atom. The third-order valence-corrected chi connectivity index (χ3v) is 4.35. The summed E-state index contributed by atoms with van der Waals surface area (Å²) >= 11 is 5.27. The number of benzene rings is 1. The minimum atomic E-state index is -0.469. The summed E-state index contributed by atoms with van der Waals surface area (Å²) in [6, 6.07) is 6.22. The first kappa shape index (κ1) is 13.5. The van der Waals surface area contributed by atoms with Crippen LogP contribution in [0.3, 0.4) is 0 Å². The number of hydrogen-bond acceptors (Lipinski definition) is 3. The largest absolute Gasteiger partial charge is 0.493 e. The summed E-state index contributed by atoms with van der Waals surface area (Å²) in [7, 11) is 0. The van der Waals surface area contributed by atoms with Crippen LogP contribution in [0.4, 0.5) is 0 Å². The molecule has 2 bridgehead atoms. The minimum absolute atomic E-state index is 0.178. The molecule has 0 amide bonds. The quantitative estimate of drug-likeness (QED) is 0.839. The molecular weight excluding hydrogens is 272 g/mol. The molecule has 2 heterocycles. The number of ether oxygens (including phenoxy) is 2. The molecule has 0 radical (unpaired) electrons. The summed E-state index contributed by atoms with van der Waals surface area (Å²) in [5.41, 5.74) is 0.672. The second-order valence-corrected chi connectivity index (χ2v) is 6.03. The lowest BCUT2D eigenvalue weighted by molar-refractivity contribution is -0.0264. The van der Waals surface area contributed by atoms with Crippen LogP contribution in [0.25, 0.3) is 0 Å². The molecule has 3 rings (SSSR count). The number of nitrogens with one attached hydrogen (secondary N) is 2. The molecule has 1 fully saturated rings. The highest BCUT2D eigenvalue weighted by Gasteiger charge is 2.48. The Kier molecular flexibility index (Phi) is 3.24.